The largest absolute Gasteiger partial charge is 0.366 e. The second kappa shape index (κ2) is 5.35. The summed E-state index contributed by atoms with van der Waals surface area (Å²) in [6.45, 7) is 4.32. The molecule has 98 valence electrons. The van der Waals surface area contributed by atoms with Gasteiger partial charge in [-0.25, -0.2) is 4.98 Å². The molecule has 0 aliphatic carbocycles. The fourth-order valence-corrected chi connectivity index (χ4v) is 2.46. The summed E-state index contributed by atoms with van der Waals surface area (Å²) >= 11 is 0. The van der Waals surface area contributed by atoms with Crippen molar-refractivity contribution in [3.63, 3.8) is 0 Å². The van der Waals surface area contributed by atoms with Gasteiger partial charge in [-0.3, -0.25) is 4.79 Å². The number of pyridine rings is 1. The molecule has 1 aliphatic rings. The Hall–Kier alpha value is -1.62. The average molecular weight is 248 g/mol. The van der Waals surface area contributed by atoms with E-state index in [0.717, 1.165) is 19.5 Å². The smallest absolute Gasteiger partial charge is 0.252 e. The molecule has 0 bridgehead atoms. The normalized spacial score (nSPS) is 24.8. The van der Waals surface area contributed by atoms with E-state index in [0.29, 0.717) is 23.3 Å². The average Bonchev–Trinajstić information content (AvgIpc) is 2.33. The van der Waals surface area contributed by atoms with Gasteiger partial charge in [0.15, 0.2) is 0 Å². The number of nitrogens with two attached hydrogens (primary N) is 1. The summed E-state index contributed by atoms with van der Waals surface area (Å²) in [5.74, 6) is 0.684. The quantitative estimate of drug-likeness (QED) is 0.835. The summed E-state index contributed by atoms with van der Waals surface area (Å²) in [5.41, 5.74) is 5.81. The highest BCUT2D eigenvalue weighted by atomic mass is 16.1. The monoisotopic (exact) mass is 248 g/mol. The molecule has 0 aromatic carbocycles. The Morgan fingerprint density at radius 3 is 3.06 bits per heavy atom. The number of amides is 1. The maximum Gasteiger partial charge on any atom is 0.252 e. The maximum atomic E-state index is 11.3. The number of likely N-dealkylation sites (tertiary alicyclic amines) is 1. The molecule has 0 radical (unpaired) electrons. The lowest BCUT2D eigenvalue weighted by atomic mass is 9.94. The van der Waals surface area contributed by atoms with Gasteiger partial charge >= 0.3 is 0 Å². The van der Waals surface area contributed by atoms with E-state index >= 15 is 0 Å². The first-order valence-corrected chi connectivity index (χ1v) is 6.28. The highest BCUT2D eigenvalue weighted by molar-refractivity contribution is 5.97. The first kappa shape index (κ1) is 12.8. The van der Waals surface area contributed by atoms with Crippen LogP contribution < -0.4 is 11.1 Å². The van der Waals surface area contributed by atoms with Gasteiger partial charge in [-0.05, 0) is 38.1 Å². The standard InChI is InChI=1S/C13H20N4O/c1-9-8-17(2)7-5-11(9)16-13-10(12(14)18)4-3-6-15-13/h3-4,6,9,11H,5,7-8H2,1-2H3,(H2,14,18)(H,15,16). The van der Waals surface area contributed by atoms with E-state index in [1.165, 1.54) is 0 Å². The minimum absolute atomic E-state index is 0.342. The topological polar surface area (TPSA) is 71.2 Å². The molecule has 0 saturated carbocycles. The third-order valence-electron chi connectivity index (χ3n) is 3.50. The molecular weight excluding hydrogens is 228 g/mol. The van der Waals surface area contributed by atoms with E-state index < -0.39 is 5.91 Å². The number of carbonyl (C=O) groups excluding carboxylic acids is 1. The third kappa shape index (κ3) is 2.79. The summed E-state index contributed by atoms with van der Waals surface area (Å²) in [7, 11) is 2.13. The molecule has 1 amide bonds. The predicted octanol–water partition coefficient (Wildman–Crippen LogP) is 0.933. The molecule has 3 N–H and O–H groups in total. The lowest BCUT2D eigenvalue weighted by Crippen LogP contribution is -2.43. The van der Waals surface area contributed by atoms with Crippen molar-refractivity contribution in [2.75, 3.05) is 25.5 Å². The molecule has 1 aromatic rings. The number of hydrogen-bond acceptors (Lipinski definition) is 4. The Bertz CT molecular complexity index is 435. The van der Waals surface area contributed by atoms with Crippen LogP contribution >= 0.6 is 0 Å². The van der Waals surface area contributed by atoms with Gasteiger partial charge in [0.05, 0.1) is 5.56 Å². The van der Waals surface area contributed by atoms with Gasteiger partial charge in [-0.2, -0.15) is 0 Å². The Morgan fingerprint density at radius 2 is 2.39 bits per heavy atom. The fraction of sp³-hybridized carbons (Fsp3) is 0.538. The molecule has 5 nitrogen and oxygen atoms in total. The maximum absolute atomic E-state index is 11.3. The molecule has 18 heavy (non-hydrogen) atoms. The van der Waals surface area contributed by atoms with Crippen LogP contribution in [0, 0.1) is 5.92 Å². The number of primary amides is 1. The number of hydrogen-bond donors (Lipinski definition) is 2. The minimum atomic E-state index is -0.439. The SMILES string of the molecule is CC1CN(C)CCC1Nc1ncccc1C(N)=O. The Balaban J connectivity index is 2.12. The van der Waals surface area contributed by atoms with Crippen molar-refractivity contribution in [3.8, 4) is 0 Å². The summed E-state index contributed by atoms with van der Waals surface area (Å²) in [6, 6.07) is 3.77. The van der Waals surface area contributed by atoms with Gasteiger partial charge in [0.1, 0.15) is 5.82 Å². The molecule has 1 aliphatic heterocycles. The van der Waals surface area contributed by atoms with E-state index in [9.17, 15) is 4.79 Å². The molecule has 2 atom stereocenters. The fourth-order valence-electron chi connectivity index (χ4n) is 2.46. The van der Waals surface area contributed by atoms with Gasteiger partial charge in [0.25, 0.3) is 5.91 Å². The third-order valence-corrected chi connectivity index (χ3v) is 3.50. The number of nitrogens with one attached hydrogen (secondary N) is 1. The Kier molecular flexibility index (Phi) is 3.81. The van der Waals surface area contributed by atoms with Crippen LogP contribution in [-0.2, 0) is 0 Å². The van der Waals surface area contributed by atoms with E-state index in [2.05, 4.69) is 29.2 Å². The molecule has 2 rings (SSSR count). The summed E-state index contributed by atoms with van der Waals surface area (Å²) in [5, 5.41) is 3.36. The molecular formula is C13H20N4O. The highest BCUT2D eigenvalue weighted by Crippen LogP contribution is 2.21. The van der Waals surface area contributed by atoms with Crippen molar-refractivity contribution in [2.45, 2.75) is 19.4 Å². The Labute approximate surface area is 107 Å². The number of piperidine rings is 1. The molecule has 5 heteroatoms. The van der Waals surface area contributed by atoms with Crippen LogP contribution in [0.5, 0.6) is 0 Å². The summed E-state index contributed by atoms with van der Waals surface area (Å²) in [6.07, 6.45) is 2.72. The van der Waals surface area contributed by atoms with Crippen molar-refractivity contribution in [1.82, 2.24) is 9.88 Å². The van der Waals surface area contributed by atoms with E-state index in [-0.39, 0.29) is 0 Å². The van der Waals surface area contributed by atoms with Crippen LogP contribution in [0.15, 0.2) is 18.3 Å². The van der Waals surface area contributed by atoms with E-state index in [1.807, 2.05) is 0 Å². The zero-order valence-electron chi connectivity index (χ0n) is 10.9. The molecule has 0 spiro atoms. The second-order valence-corrected chi connectivity index (χ2v) is 5.04. The number of nitrogens with zero attached hydrogens (tertiary/aromatic N) is 2. The van der Waals surface area contributed by atoms with Crippen molar-refractivity contribution >= 4 is 11.7 Å². The van der Waals surface area contributed by atoms with Gasteiger partial charge in [-0.1, -0.05) is 6.92 Å². The van der Waals surface area contributed by atoms with Gasteiger partial charge in [0, 0.05) is 18.8 Å². The van der Waals surface area contributed by atoms with Crippen LogP contribution in [-0.4, -0.2) is 42.0 Å². The van der Waals surface area contributed by atoms with Gasteiger partial charge < -0.3 is 16.0 Å². The van der Waals surface area contributed by atoms with Crippen LogP contribution in [0.2, 0.25) is 0 Å². The molecule has 2 unspecified atom stereocenters. The van der Waals surface area contributed by atoms with Crippen LogP contribution in [0.1, 0.15) is 23.7 Å². The summed E-state index contributed by atoms with van der Waals surface area (Å²) < 4.78 is 0. The molecule has 1 fully saturated rings. The highest BCUT2D eigenvalue weighted by Gasteiger charge is 2.25. The van der Waals surface area contributed by atoms with Gasteiger partial charge in [0.2, 0.25) is 0 Å². The van der Waals surface area contributed by atoms with E-state index in [1.54, 1.807) is 18.3 Å². The van der Waals surface area contributed by atoms with Crippen molar-refractivity contribution in [2.24, 2.45) is 11.7 Å². The number of rotatable bonds is 3. The first-order chi connectivity index (χ1) is 8.58. The number of carbonyl (C=O) groups is 1. The number of aromatic nitrogens is 1. The molecule has 1 aromatic heterocycles. The van der Waals surface area contributed by atoms with Crippen LogP contribution in [0.3, 0.4) is 0 Å². The summed E-state index contributed by atoms with van der Waals surface area (Å²) in [4.78, 5) is 17.9. The van der Waals surface area contributed by atoms with E-state index in [4.69, 9.17) is 5.73 Å². The lowest BCUT2D eigenvalue weighted by molar-refractivity contribution is 0.100. The first-order valence-electron chi connectivity index (χ1n) is 6.28. The van der Waals surface area contributed by atoms with Crippen LogP contribution in [0.25, 0.3) is 0 Å². The molecule has 2 heterocycles. The Morgan fingerprint density at radius 1 is 1.61 bits per heavy atom. The number of anilines is 1. The van der Waals surface area contributed by atoms with Crippen molar-refractivity contribution in [1.29, 1.82) is 0 Å². The van der Waals surface area contributed by atoms with Crippen molar-refractivity contribution < 1.29 is 4.79 Å². The lowest BCUT2D eigenvalue weighted by Gasteiger charge is -2.35. The second-order valence-electron chi connectivity index (χ2n) is 5.04. The molecule has 1 saturated heterocycles. The van der Waals surface area contributed by atoms with Gasteiger partial charge in [-0.15, -0.1) is 0 Å². The van der Waals surface area contributed by atoms with Crippen LogP contribution in [0.4, 0.5) is 5.82 Å². The zero-order chi connectivity index (χ0) is 13.1. The van der Waals surface area contributed by atoms with Crippen molar-refractivity contribution in [3.05, 3.63) is 23.9 Å². The zero-order valence-corrected chi connectivity index (χ0v) is 10.9. The minimum Gasteiger partial charge on any atom is -0.366 e. The predicted molar refractivity (Wildman–Crippen MR) is 71.4 cm³/mol.